The Morgan fingerprint density at radius 3 is 2.67 bits per heavy atom. The lowest BCUT2D eigenvalue weighted by Gasteiger charge is -2.14. The van der Waals surface area contributed by atoms with Crippen molar-refractivity contribution < 1.29 is 4.74 Å². The summed E-state index contributed by atoms with van der Waals surface area (Å²) in [5.41, 5.74) is 4.63. The third-order valence-electron chi connectivity index (χ3n) is 3.29. The van der Waals surface area contributed by atoms with Crippen LogP contribution in [-0.2, 0) is 6.42 Å². The van der Waals surface area contributed by atoms with Gasteiger partial charge in [-0.05, 0) is 31.0 Å². The minimum atomic E-state index is 0.196. The van der Waals surface area contributed by atoms with Gasteiger partial charge in [-0.1, -0.05) is 32.9 Å². The lowest BCUT2D eigenvalue weighted by atomic mass is 10.2. The van der Waals surface area contributed by atoms with Crippen molar-refractivity contribution in [2.75, 3.05) is 5.43 Å². The number of hydrogen-bond acceptors (Lipinski definition) is 5. The van der Waals surface area contributed by atoms with Crippen molar-refractivity contribution in [2.24, 2.45) is 5.84 Å². The molecule has 0 spiro atoms. The summed E-state index contributed by atoms with van der Waals surface area (Å²) in [5.74, 6) is 8.33. The van der Waals surface area contributed by atoms with Gasteiger partial charge in [0.05, 0.1) is 5.56 Å². The van der Waals surface area contributed by atoms with Crippen molar-refractivity contribution in [1.29, 1.82) is 0 Å². The predicted molar refractivity (Wildman–Crippen MR) is 84.6 cm³/mol. The fourth-order valence-electron chi connectivity index (χ4n) is 1.95. The van der Waals surface area contributed by atoms with E-state index in [9.17, 15) is 0 Å². The van der Waals surface area contributed by atoms with E-state index in [1.807, 2.05) is 39.0 Å². The first kappa shape index (κ1) is 15.3. The molecule has 5 heteroatoms. The summed E-state index contributed by atoms with van der Waals surface area (Å²) in [6, 6.07) is 8.00. The summed E-state index contributed by atoms with van der Waals surface area (Å²) in [6.45, 7) is 8.07. The monoisotopic (exact) mass is 286 g/mol. The van der Waals surface area contributed by atoms with E-state index in [2.05, 4.69) is 28.4 Å². The van der Waals surface area contributed by atoms with Gasteiger partial charge in [0.1, 0.15) is 11.6 Å². The summed E-state index contributed by atoms with van der Waals surface area (Å²) < 4.78 is 5.94. The largest absolute Gasteiger partial charge is 0.439 e. The van der Waals surface area contributed by atoms with Gasteiger partial charge in [-0.2, -0.15) is 4.98 Å². The molecule has 2 aromatic rings. The van der Waals surface area contributed by atoms with E-state index in [4.69, 9.17) is 10.6 Å². The Morgan fingerprint density at radius 1 is 1.29 bits per heavy atom. The summed E-state index contributed by atoms with van der Waals surface area (Å²) in [6.07, 6.45) is 0.965. The number of nitrogens with one attached hydrogen (secondary N) is 1. The number of anilines is 1. The van der Waals surface area contributed by atoms with E-state index in [0.717, 1.165) is 17.7 Å². The highest BCUT2D eigenvalue weighted by Crippen LogP contribution is 2.28. The molecule has 5 nitrogen and oxygen atoms in total. The smallest absolute Gasteiger partial charge is 0.227 e. The second-order valence-corrected chi connectivity index (χ2v) is 5.26. The van der Waals surface area contributed by atoms with E-state index < -0.39 is 0 Å². The molecule has 1 heterocycles. The zero-order valence-corrected chi connectivity index (χ0v) is 13.0. The zero-order chi connectivity index (χ0) is 15.4. The van der Waals surface area contributed by atoms with Gasteiger partial charge in [-0.3, -0.25) is 0 Å². The molecule has 0 fully saturated rings. The Balaban J connectivity index is 2.40. The maximum absolute atomic E-state index is 5.94. The van der Waals surface area contributed by atoms with E-state index in [0.29, 0.717) is 17.5 Å². The van der Waals surface area contributed by atoms with Gasteiger partial charge in [-0.15, -0.1) is 0 Å². The summed E-state index contributed by atoms with van der Waals surface area (Å²) in [5, 5.41) is 0. The minimum Gasteiger partial charge on any atom is -0.439 e. The van der Waals surface area contributed by atoms with E-state index in [-0.39, 0.29) is 5.92 Å². The number of nitrogen functional groups attached to an aromatic ring is 1. The van der Waals surface area contributed by atoms with Crippen molar-refractivity contribution in [3.63, 3.8) is 0 Å². The molecule has 0 atom stereocenters. The topological polar surface area (TPSA) is 73.1 Å². The van der Waals surface area contributed by atoms with Crippen LogP contribution in [0.2, 0.25) is 0 Å². The highest BCUT2D eigenvalue weighted by molar-refractivity contribution is 5.49. The first-order chi connectivity index (χ1) is 10.0. The first-order valence-corrected chi connectivity index (χ1v) is 7.17. The highest BCUT2D eigenvalue weighted by atomic mass is 16.5. The molecule has 1 aromatic heterocycles. The average molecular weight is 286 g/mol. The molecule has 0 aliphatic rings. The van der Waals surface area contributed by atoms with Crippen LogP contribution >= 0.6 is 0 Å². The first-order valence-electron chi connectivity index (χ1n) is 7.17. The third kappa shape index (κ3) is 3.49. The molecule has 0 amide bonds. The number of nitrogens with zero attached hydrogens (tertiary/aromatic N) is 2. The van der Waals surface area contributed by atoms with Crippen LogP contribution in [0.4, 0.5) is 5.82 Å². The Morgan fingerprint density at radius 2 is 2.05 bits per heavy atom. The zero-order valence-electron chi connectivity index (χ0n) is 13.0. The van der Waals surface area contributed by atoms with Crippen LogP contribution in [0.5, 0.6) is 11.6 Å². The molecule has 0 radical (unpaired) electrons. The molecule has 0 aliphatic carbocycles. The predicted octanol–water partition coefficient (Wildman–Crippen LogP) is 3.55. The van der Waals surface area contributed by atoms with Crippen LogP contribution in [-0.4, -0.2) is 9.97 Å². The molecule has 0 unspecified atom stereocenters. The van der Waals surface area contributed by atoms with Gasteiger partial charge in [0.25, 0.3) is 0 Å². The third-order valence-corrected chi connectivity index (χ3v) is 3.29. The minimum absolute atomic E-state index is 0.196. The van der Waals surface area contributed by atoms with Crippen molar-refractivity contribution in [1.82, 2.24) is 9.97 Å². The molecule has 21 heavy (non-hydrogen) atoms. The van der Waals surface area contributed by atoms with Gasteiger partial charge in [0.2, 0.25) is 5.88 Å². The van der Waals surface area contributed by atoms with Crippen LogP contribution in [0.15, 0.2) is 24.3 Å². The number of ether oxygens (including phenoxy) is 1. The second kappa shape index (κ2) is 6.54. The maximum Gasteiger partial charge on any atom is 0.227 e. The van der Waals surface area contributed by atoms with E-state index in [1.54, 1.807) is 0 Å². The molecule has 112 valence electrons. The van der Waals surface area contributed by atoms with E-state index in [1.165, 1.54) is 5.56 Å². The number of rotatable bonds is 5. The summed E-state index contributed by atoms with van der Waals surface area (Å²) >= 11 is 0. The standard InChI is InChI=1S/C16H22N4O/c1-5-12-7-6-8-13(9-12)21-16-11(4)15(20-17)18-14(19-16)10(2)3/h6-10H,5,17H2,1-4H3,(H,18,19,20). The normalized spacial score (nSPS) is 10.8. The SMILES string of the molecule is CCc1cccc(Oc2nc(C(C)C)nc(NN)c2C)c1. The molecular weight excluding hydrogens is 264 g/mol. The quantitative estimate of drug-likeness (QED) is 0.649. The maximum atomic E-state index is 5.94. The van der Waals surface area contributed by atoms with Gasteiger partial charge in [0, 0.05) is 5.92 Å². The van der Waals surface area contributed by atoms with E-state index >= 15 is 0 Å². The average Bonchev–Trinajstić information content (AvgIpc) is 2.49. The van der Waals surface area contributed by atoms with Crippen LogP contribution < -0.4 is 16.0 Å². The second-order valence-electron chi connectivity index (χ2n) is 5.26. The molecule has 2 rings (SSSR count). The number of benzene rings is 1. The number of nitrogens with two attached hydrogens (primary N) is 1. The Labute approximate surface area is 125 Å². The Hall–Kier alpha value is -2.14. The molecule has 3 N–H and O–H groups in total. The van der Waals surface area contributed by atoms with Crippen molar-refractivity contribution in [2.45, 2.75) is 40.0 Å². The van der Waals surface area contributed by atoms with Crippen LogP contribution in [0.25, 0.3) is 0 Å². The van der Waals surface area contributed by atoms with Crippen LogP contribution in [0.1, 0.15) is 43.6 Å². The fraction of sp³-hybridized carbons (Fsp3) is 0.375. The molecule has 0 saturated carbocycles. The molecule has 1 aromatic carbocycles. The summed E-state index contributed by atoms with van der Waals surface area (Å²) in [4.78, 5) is 8.90. The Kier molecular flexibility index (Phi) is 4.75. The lowest BCUT2D eigenvalue weighted by molar-refractivity contribution is 0.452. The van der Waals surface area contributed by atoms with Crippen LogP contribution in [0.3, 0.4) is 0 Å². The number of hydrazine groups is 1. The summed E-state index contributed by atoms with van der Waals surface area (Å²) in [7, 11) is 0. The van der Waals surface area contributed by atoms with Crippen molar-refractivity contribution >= 4 is 5.82 Å². The molecular formula is C16H22N4O. The Bertz CT molecular complexity index is 626. The van der Waals surface area contributed by atoms with Crippen LogP contribution in [0, 0.1) is 6.92 Å². The molecule has 0 saturated heterocycles. The van der Waals surface area contributed by atoms with Gasteiger partial charge >= 0.3 is 0 Å². The molecule has 0 bridgehead atoms. The van der Waals surface area contributed by atoms with Crippen molar-refractivity contribution in [3.8, 4) is 11.6 Å². The highest BCUT2D eigenvalue weighted by Gasteiger charge is 2.14. The number of hydrogen-bond donors (Lipinski definition) is 2. The number of aromatic nitrogens is 2. The fourth-order valence-corrected chi connectivity index (χ4v) is 1.95. The van der Waals surface area contributed by atoms with Gasteiger partial charge < -0.3 is 10.2 Å². The molecule has 0 aliphatic heterocycles. The number of aryl methyl sites for hydroxylation is 1. The lowest BCUT2D eigenvalue weighted by Crippen LogP contribution is -2.13. The van der Waals surface area contributed by atoms with Gasteiger partial charge in [-0.25, -0.2) is 10.8 Å². The van der Waals surface area contributed by atoms with Gasteiger partial charge in [0.15, 0.2) is 5.82 Å². The van der Waals surface area contributed by atoms with Crippen molar-refractivity contribution in [3.05, 3.63) is 41.2 Å².